The lowest BCUT2D eigenvalue weighted by Gasteiger charge is -2.27. The Kier molecular flexibility index (Phi) is 7.91. The highest BCUT2D eigenvalue weighted by atomic mass is 79.9. The van der Waals surface area contributed by atoms with Gasteiger partial charge in [0.2, 0.25) is 0 Å². The minimum absolute atomic E-state index is 1.08. The van der Waals surface area contributed by atoms with Crippen LogP contribution in [0.4, 0.5) is 17.1 Å². The highest BCUT2D eigenvalue weighted by molar-refractivity contribution is 9.10. The second-order valence-corrected chi connectivity index (χ2v) is 11.7. The van der Waals surface area contributed by atoms with Crippen LogP contribution in [-0.2, 0) is 0 Å². The molecule has 0 amide bonds. The second-order valence-electron chi connectivity index (χ2n) is 10.8. The molecule has 0 aliphatic heterocycles. The van der Waals surface area contributed by atoms with Crippen molar-refractivity contribution in [3.63, 3.8) is 0 Å². The number of benzene rings is 7. The SMILES string of the molecule is Brc1ccc(-c2ccc(N(c3ccc(-c4ccccc4)cc3)c3ccc(-c4ccccc4)c(-c4ccccc4)c3)cc2)cc1. The molecule has 0 saturated heterocycles. The van der Waals surface area contributed by atoms with Crippen molar-refractivity contribution in [1.29, 1.82) is 0 Å². The minimum Gasteiger partial charge on any atom is -0.310 e. The molecule has 7 aromatic carbocycles. The Balaban J connectivity index is 1.36. The van der Waals surface area contributed by atoms with Gasteiger partial charge in [0.25, 0.3) is 0 Å². The molecule has 0 spiro atoms. The minimum atomic E-state index is 1.08. The maximum Gasteiger partial charge on any atom is 0.0468 e. The van der Waals surface area contributed by atoms with Crippen LogP contribution in [0.3, 0.4) is 0 Å². The van der Waals surface area contributed by atoms with Crippen LogP contribution in [0, 0.1) is 0 Å². The molecule has 0 aliphatic rings. The molecular weight excluding hydrogens is 598 g/mol. The second kappa shape index (κ2) is 12.6. The molecule has 0 radical (unpaired) electrons. The molecule has 7 rings (SSSR count). The predicted molar refractivity (Wildman–Crippen MR) is 191 cm³/mol. The predicted octanol–water partition coefficient (Wildman–Crippen LogP) is 12.6. The summed E-state index contributed by atoms with van der Waals surface area (Å²) >= 11 is 3.56. The lowest BCUT2D eigenvalue weighted by Crippen LogP contribution is -2.10. The van der Waals surface area contributed by atoms with Crippen molar-refractivity contribution in [2.75, 3.05) is 4.90 Å². The largest absolute Gasteiger partial charge is 0.310 e. The van der Waals surface area contributed by atoms with Gasteiger partial charge in [-0.1, -0.05) is 149 Å². The molecule has 44 heavy (non-hydrogen) atoms. The van der Waals surface area contributed by atoms with Gasteiger partial charge in [0.1, 0.15) is 0 Å². The molecule has 2 heteroatoms. The van der Waals surface area contributed by atoms with Crippen molar-refractivity contribution >= 4 is 33.0 Å². The van der Waals surface area contributed by atoms with E-state index >= 15 is 0 Å². The normalized spacial score (nSPS) is 10.8. The van der Waals surface area contributed by atoms with E-state index in [9.17, 15) is 0 Å². The van der Waals surface area contributed by atoms with Gasteiger partial charge in [0.15, 0.2) is 0 Å². The highest BCUT2D eigenvalue weighted by Gasteiger charge is 2.17. The summed E-state index contributed by atoms with van der Waals surface area (Å²) in [4.78, 5) is 2.35. The lowest BCUT2D eigenvalue weighted by atomic mass is 9.93. The third-order valence-corrected chi connectivity index (χ3v) is 8.50. The summed E-state index contributed by atoms with van der Waals surface area (Å²) in [7, 11) is 0. The number of hydrogen-bond donors (Lipinski definition) is 0. The standard InChI is InChI=1S/C42H30BrN/c43-37-22-16-32(17-23-37)34-20-26-39(27-21-34)44(38-24-18-33(19-25-38)31-10-4-1-5-11-31)40-28-29-41(35-12-6-2-7-13-35)42(30-40)36-14-8-3-9-15-36/h1-30H. The first-order valence-electron chi connectivity index (χ1n) is 14.8. The van der Waals surface area contributed by atoms with Crippen molar-refractivity contribution < 1.29 is 0 Å². The molecule has 0 heterocycles. The fraction of sp³-hybridized carbons (Fsp3) is 0. The average Bonchev–Trinajstić information content (AvgIpc) is 3.10. The Bertz CT molecular complexity index is 1970. The summed E-state index contributed by atoms with van der Waals surface area (Å²) in [5, 5.41) is 0. The molecule has 0 atom stereocenters. The quantitative estimate of drug-likeness (QED) is 0.170. The molecular formula is C42H30BrN. The lowest BCUT2D eigenvalue weighted by molar-refractivity contribution is 1.28. The van der Waals surface area contributed by atoms with Gasteiger partial charge in [-0.25, -0.2) is 0 Å². The van der Waals surface area contributed by atoms with Gasteiger partial charge >= 0.3 is 0 Å². The highest BCUT2D eigenvalue weighted by Crippen LogP contribution is 2.41. The summed E-state index contributed by atoms with van der Waals surface area (Å²) in [6.45, 7) is 0. The van der Waals surface area contributed by atoms with Crippen LogP contribution in [0.2, 0.25) is 0 Å². The number of halogens is 1. The topological polar surface area (TPSA) is 3.24 Å². The van der Waals surface area contributed by atoms with E-state index < -0.39 is 0 Å². The first-order valence-corrected chi connectivity index (χ1v) is 15.6. The van der Waals surface area contributed by atoms with Crippen LogP contribution >= 0.6 is 15.9 Å². The van der Waals surface area contributed by atoms with Gasteiger partial charge in [-0.2, -0.15) is 0 Å². The third kappa shape index (κ3) is 5.86. The molecule has 1 nitrogen and oxygen atoms in total. The van der Waals surface area contributed by atoms with E-state index in [0.29, 0.717) is 0 Å². The number of hydrogen-bond acceptors (Lipinski definition) is 1. The van der Waals surface area contributed by atoms with E-state index in [-0.39, 0.29) is 0 Å². The fourth-order valence-corrected chi connectivity index (χ4v) is 5.99. The van der Waals surface area contributed by atoms with Crippen molar-refractivity contribution in [3.8, 4) is 44.5 Å². The molecule has 0 unspecified atom stereocenters. The summed E-state index contributed by atoms with van der Waals surface area (Å²) in [5.74, 6) is 0. The fourth-order valence-electron chi connectivity index (χ4n) is 5.72. The Morgan fingerprint density at radius 2 is 0.659 bits per heavy atom. The zero-order valence-electron chi connectivity index (χ0n) is 24.1. The average molecular weight is 629 g/mol. The summed E-state index contributed by atoms with van der Waals surface area (Å²) in [6.07, 6.45) is 0. The van der Waals surface area contributed by atoms with Gasteiger partial charge in [0, 0.05) is 21.5 Å². The number of rotatable bonds is 7. The molecule has 210 valence electrons. The summed E-state index contributed by atoms with van der Waals surface area (Å²) in [5.41, 5.74) is 12.9. The Hall–Kier alpha value is -5.18. The maximum atomic E-state index is 3.56. The van der Waals surface area contributed by atoms with E-state index in [1.807, 2.05) is 0 Å². The van der Waals surface area contributed by atoms with Gasteiger partial charge in [-0.3, -0.25) is 0 Å². The number of anilines is 3. The number of nitrogens with zero attached hydrogens (tertiary/aromatic N) is 1. The van der Waals surface area contributed by atoms with Gasteiger partial charge < -0.3 is 4.90 Å². The van der Waals surface area contributed by atoms with Gasteiger partial charge in [-0.05, 0) is 93.0 Å². The van der Waals surface area contributed by atoms with E-state index in [1.54, 1.807) is 0 Å². The van der Waals surface area contributed by atoms with E-state index in [4.69, 9.17) is 0 Å². The van der Waals surface area contributed by atoms with E-state index in [0.717, 1.165) is 21.5 Å². The van der Waals surface area contributed by atoms with Crippen molar-refractivity contribution in [2.45, 2.75) is 0 Å². The van der Waals surface area contributed by atoms with Gasteiger partial charge in [0.05, 0.1) is 0 Å². The van der Waals surface area contributed by atoms with Gasteiger partial charge in [-0.15, -0.1) is 0 Å². The molecule has 0 N–H and O–H groups in total. The van der Waals surface area contributed by atoms with E-state index in [1.165, 1.54) is 44.5 Å². The first kappa shape index (κ1) is 27.6. The molecule has 0 bridgehead atoms. The smallest absolute Gasteiger partial charge is 0.0468 e. The Morgan fingerprint density at radius 3 is 1.14 bits per heavy atom. The maximum absolute atomic E-state index is 3.56. The third-order valence-electron chi connectivity index (χ3n) is 7.97. The van der Waals surface area contributed by atoms with Crippen LogP contribution < -0.4 is 4.90 Å². The van der Waals surface area contributed by atoms with Crippen LogP contribution in [0.1, 0.15) is 0 Å². The van der Waals surface area contributed by atoms with Crippen LogP contribution in [0.5, 0.6) is 0 Å². The molecule has 0 aliphatic carbocycles. The molecule has 0 aromatic heterocycles. The summed E-state index contributed by atoms with van der Waals surface area (Å²) in [6, 6.07) is 64.9. The molecule has 0 saturated carbocycles. The first-order chi connectivity index (χ1) is 21.7. The Labute approximate surface area is 267 Å². The monoisotopic (exact) mass is 627 g/mol. The van der Waals surface area contributed by atoms with Crippen LogP contribution in [0.25, 0.3) is 44.5 Å². The van der Waals surface area contributed by atoms with E-state index in [2.05, 4.69) is 203 Å². The Morgan fingerprint density at radius 1 is 0.295 bits per heavy atom. The summed E-state index contributed by atoms with van der Waals surface area (Å²) < 4.78 is 1.08. The molecule has 7 aromatic rings. The van der Waals surface area contributed by atoms with Crippen molar-refractivity contribution in [3.05, 3.63) is 186 Å². The van der Waals surface area contributed by atoms with Crippen molar-refractivity contribution in [2.24, 2.45) is 0 Å². The molecule has 0 fully saturated rings. The zero-order chi connectivity index (χ0) is 29.7. The van der Waals surface area contributed by atoms with Crippen LogP contribution in [0.15, 0.2) is 186 Å². The van der Waals surface area contributed by atoms with Crippen molar-refractivity contribution in [1.82, 2.24) is 0 Å². The van der Waals surface area contributed by atoms with Crippen LogP contribution in [-0.4, -0.2) is 0 Å². The zero-order valence-corrected chi connectivity index (χ0v) is 25.7.